The van der Waals surface area contributed by atoms with Crippen molar-refractivity contribution in [3.8, 4) is 0 Å². The Labute approximate surface area is 130 Å². The van der Waals surface area contributed by atoms with Crippen LogP contribution >= 0.6 is 15.9 Å². The molecule has 2 rings (SSSR count). The summed E-state index contributed by atoms with van der Waals surface area (Å²) < 4.78 is 7.14. The van der Waals surface area contributed by atoms with Crippen LogP contribution in [-0.2, 0) is 13.0 Å². The van der Waals surface area contributed by atoms with Crippen molar-refractivity contribution in [3.63, 3.8) is 0 Å². The molecule has 0 saturated heterocycles. The zero-order chi connectivity index (χ0) is 14.7. The summed E-state index contributed by atoms with van der Waals surface area (Å²) in [6.45, 7) is 10.8. The summed E-state index contributed by atoms with van der Waals surface area (Å²) >= 11 is 3.59. The molecule has 3 heteroatoms. The number of benzene rings is 1. The van der Waals surface area contributed by atoms with Crippen molar-refractivity contribution in [3.05, 3.63) is 34.0 Å². The van der Waals surface area contributed by atoms with Crippen molar-refractivity contribution in [2.75, 3.05) is 6.54 Å². The summed E-state index contributed by atoms with van der Waals surface area (Å²) in [6, 6.07) is 6.28. The molecule has 0 amide bonds. The second kappa shape index (κ2) is 6.77. The van der Waals surface area contributed by atoms with Crippen molar-refractivity contribution in [1.29, 1.82) is 0 Å². The number of nitrogens with one attached hydrogen (secondary N) is 1. The van der Waals surface area contributed by atoms with Crippen LogP contribution in [0.4, 0.5) is 0 Å². The second-order valence-corrected chi connectivity index (χ2v) is 7.10. The third-order valence-electron chi connectivity index (χ3n) is 3.30. The first-order valence-corrected chi connectivity index (χ1v) is 8.17. The standard InChI is InChI=1S/C17H24BrNO/c1-11(2)8-14-13-6-5-7-15(18)17(13)20-16(14)10-19-9-12(3)4/h5-7,11-12,19H,8-10H2,1-4H3. The summed E-state index contributed by atoms with van der Waals surface area (Å²) in [5, 5.41) is 4.73. The molecule has 0 atom stereocenters. The van der Waals surface area contributed by atoms with E-state index in [2.05, 4.69) is 61.1 Å². The monoisotopic (exact) mass is 337 g/mol. The number of para-hydroxylation sites is 1. The van der Waals surface area contributed by atoms with Crippen molar-refractivity contribution in [2.45, 2.75) is 40.7 Å². The maximum Gasteiger partial charge on any atom is 0.148 e. The van der Waals surface area contributed by atoms with Crippen molar-refractivity contribution >= 4 is 26.9 Å². The minimum Gasteiger partial charge on any atom is -0.458 e. The van der Waals surface area contributed by atoms with Gasteiger partial charge in [0.15, 0.2) is 0 Å². The molecule has 20 heavy (non-hydrogen) atoms. The Balaban J connectivity index is 2.33. The van der Waals surface area contributed by atoms with E-state index in [1.807, 2.05) is 6.07 Å². The number of hydrogen-bond acceptors (Lipinski definition) is 2. The molecule has 1 aromatic carbocycles. The zero-order valence-corrected chi connectivity index (χ0v) is 14.4. The third-order valence-corrected chi connectivity index (χ3v) is 3.93. The Kier molecular flexibility index (Phi) is 5.28. The average molecular weight is 338 g/mol. The fourth-order valence-electron chi connectivity index (χ4n) is 2.43. The molecule has 0 aliphatic rings. The van der Waals surface area contributed by atoms with Crippen LogP contribution < -0.4 is 5.32 Å². The van der Waals surface area contributed by atoms with Gasteiger partial charge in [0.25, 0.3) is 0 Å². The lowest BCUT2D eigenvalue weighted by Crippen LogP contribution is -2.19. The van der Waals surface area contributed by atoms with Gasteiger partial charge in [-0.25, -0.2) is 0 Å². The van der Waals surface area contributed by atoms with E-state index in [1.54, 1.807) is 0 Å². The van der Waals surface area contributed by atoms with Crippen molar-refractivity contribution in [2.24, 2.45) is 11.8 Å². The quantitative estimate of drug-likeness (QED) is 0.789. The van der Waals surface area contributed by atoms with Crippen LogP contribution in [0.25, 0.3) is 11.0 Å². The van der Waals surface area contributed by atoms with Gasteiger partial charge in [-0.2, -0.15) is 0 Å². The maximum absolute atomic E-state index is 6.10. The van der Waals surface area contributed by atoms with Crippen molar-refractivity contribution in [1.82, 2.24) is 5.32 Å². The lowest BCUT2D eigenvalue weighted by molar-refractivity contribution is 0.476. The van der Waals surface area contributed by atoms with E-state index in [4.69, 9.17) is 4.42 Å². The van der Waals surface area contributed by atoms with Gasteiger partial charge in [0, 0.05) is 10.9 Å². The summed E-state index contributed by atoms with van der Waals surface area (Å²) in [6.07, 6.45) is 1.06. The largest absolute Gasteiger partial charge is 0.458 e. The molecule has 1 N–H and O–H groups in total. The van der Waals surface area contributed by atoms with Crippen LogP contribution in [0.1, 0.15) is 39.0 Å². The van der Waals surface area contributed by atoms with Gasteiger partial charge in [0.05, 0.1) is 11.0 Å². The van der Waals surface area contributed by atoms with E-state index in [9.17, 15) is 0 Å². The third kappa shape index (κ3) is 3.64. The SMILES string of the molecule is CC(C)CNCc1oc2c(Br)cccc2c1CC(C)C. The van der Waals surface area contributed by atoms with Crippen molar-refractivity contribution < 1.29 is 4.42 Å². The maximum atomic E-state index is 6.10. The Morgan fingerprint density at radius 2 is 1.90 bits per heavy atom. The minimum absolute atomic E-state index is 0.624. The number of rotatable bonds is 6. The summed E-state index contributed by atoms with van der Waals surface area (Å²) in [5.74, 6) is 2.36. The molecule has 1 aromatic heterocycles. The smallest absolute Gasteiger partial charge is 0.148 e. The molecule has 0 spiro atoms. The van der Waals surface area contributed by atoms with Crippen LogP contribution in [0.2, 0.25) is 0 Å². The van der Waals surface area contributed by atoms with Gasteiger partial charge in [0.2, 0.25) is 0 Å². The second-order valence-electron chi connectivity index (χ2n) is 6.24. The molecule has 0 aliphatic carbocycles. The van der Waals surface area contributed by atoms with E-state index in [0.717, 1.165) is 35.3 Å². The highest BCUT2D eigenvalue weighted by atomic mass is 79.9. The average Bonchev–Trinajstić information content (AvgIpc) is 2.69. The van der Waals surface area contributed by atoms with E-state index in [0.29, 0.717) is 11.8 Å². The highest BCUT2D eigenvalue weighted by Crippen LogP contribution is 2.32. The fraction of sp³-hybridized carbons (Fsp3) is 0.529. The molecule has 0 radical (unpaired) electrons. The Hall–Kier alpha value is -0.800. The van der Waals surface area contributed by atoms with Gasteiger partial charge in [-0.3, -0.25) is 0 Å². The van der Waals surface area contributed by atoms with E-state index in [1.165, 1.54) is 10.9 Å². The number of halogens is 1. The molecule has 0 fully saturated rings. The lowest BCUT2D eigenvalue weighted by atomic mass is 10.00. The molecule has 2 nitrogen and oxygen atoms in total. The Bertz CT molecular complexity index is 572. The summed E-state index contributed by atoms with van der Waals surface area (Å²) in [7, 11) is 0. The van der Waals surface area contributed by atoms with E-state index in [-0.39, 0.29) is 0 Å². The Morgan fingerprint density at radius 3 is 2.55 bits per heavy atom. The first-order valence-electron chi connectivity index (χ1n) is 7.38. The van der Waals surface area contributed by atoms with Gasteiger partial charge in [-0.05, 0) is 46.8 Å². The van der Waals surface area contributed by atoms with Crippen LogP contribution in [0.5, 0.6) is 0 Å². The number of furan rings is 1. The van der Waals surface area contributed by atoms with Crippen LogP contribution in [0.3, 0.4) is 0 Å². The molecule has 110 valence electrons. The number of hydrogen-bond donors (Lipinski definition) is 1. The molecular formula is C17H24BrNO. The molecule has 0 aliphatic heterocycles. The van der Waals surface area contributed by atoms with Crippen LogP contribution in [0.15, 0.2) is 27.1 Å². The minimum atomic E-state index is 0.624. The molecule has 0 unspecified atom stereocenters. The van der Waals surface area contributed by atoms with Crippen LogP contribution in [0, 0.1) is 11.8 Å². The summed E-state index contributed by atoms with van der Waals surface area (Å²) in [5.41, 5.74) is 2.33. The fourth-order valence-corrected chi connectivity index (χ4v) is 2.88. The molecule has 1 heterocycles. The van der Waals surface area contributed by atoms with Gasteiger partial charge >= 0.3 is 0 Å². The topological polar surface area (TPSA) is 25.2 Å². The van der Waals surface area contributed by atoms with E-state index < -0.39 is 0 Å². The normalized spacial score (nSPS) is 11.9. The Morgan fingerprint density at radius 1 is 1.15 bits per heavy atom. The molecule has 0 saturated carbocycles. The van der Waals surface area contributed by atoms with Gasteiger partial charge in [0.1, 0.15) is 11.3 Å². The van der Waals surface area contributed by atoms with Gasteiger partial charge < -0.3 is 9.73 Å². The molecule has 0 bridgehead atoms. The first kappa shape index (κ1) is 15.6. The highest BCUT2D eigenvalue weighted by Gasteiger charge is 2.16. The molecule has 2 aromatic rings. The van der Waals surface area contributed by atoms with Gasteiger partial charge in [-0.15, -0.1) is 0 Å². The van der Waals surface area contributed by atoms with E-state index >= 15 is 0 Å². The zero-order valence-electron chi connectivity index (χ0n) is 12.8. The van der Waals surface area contributed by atoms with Gasteiger partial charge in [-0.1, -0.05) is 39.8 Å². The van der Waals surface area contributed by atoms with Crippen LogP contribution in [-0.4, -0.2) is 6.54 Å². The predicted octanol–water partition coefficient (Wildman–Crippen LogP) is 5.14. The predicted molar refractivity (Wildman–Crippen MR) is 89.0 cm³/mol. The highest BCUT2D eigenvalue weighted by molar-refractivity contribution is 9.10. The summed E-state index contributed by atoms with van der Waals surface area (Å²) in [4.78, 5) is 0. The lowest BCUT2D eigenvalue weighted by Gasteiger charge is -2.09. The first-order chi connectivity index (χ1) is 9.49. The molecular weight excluding hydrogens is 314 g/mol. The number of fused-ring (bicyclic) bond motifs is 1.